The number of rotatable bonds is 5. The molecule has 3 heteroatoms. The zero-order valence-corrected chi connectivity index (χ0v) is 11.3. The molecule has 100 valence electrons. The maximum absolute atomic E-state index is 6.03. The van der Waals surface area contributed by atoms with E-state index in [0.717, 1.165) is 25.3 Å². The topological polar surface area (TPSA) is 34.4 Å². The molecule has 0 amide bonds. The summed E-state index contributed by atoms with van der Waals surface area (Å²) in [4.78, 5) is 0. The van der Waals surface area contributed by atoms with E-state index in [-0.39, 0.29) is 6.10 Å². The van der Waals surface area contributed by atoms with Gasteiger partial charge in [-0.15, -0.1) is 0 Å². The molecule has 1 saturated heterocycles. The van der Waals surface area contributed by atoms with E-state index in [2.05, 4.69) is 25.7 Å². The number of hydrogen-bond donors (Lipinski definition) is 1. The van der Waals surface area contributed by atoms with Crippen LogP contribution in [0.2, 0.25) is 0 Å². The summed E-state index contributed by atoms with van der Waals surface area (Å²) in [7, 11) is 0. The summed E-state index contributed by atoms with van der Waals surface area (Å²) in [5.74, 6) is 1.44. The lowest BCUT2D eigenvalue weighted by molar-refractivity contribution is -0.0633. The molecule has 0 unspecified atom stereocenters. The van der Waals surface area contributed by atoms with Gasteiger partial charge in [0.2, 0.25) is 0 Å². The molecule has 2 rings (SSSR count). The van der Waals surface area contributed by atoms with Crippen molar-refractivity contribution in [2.75, 3.05) is 6.54 Å². The van der Waals surface area contributed by atoms with Gasteiger partial charge in [0.05, 0.1) is 25.0 Å². The molecule has 3 atom stereocenters. The fraction of sp³-hybridized carbons (Fsp3) is 0.600. The van der Waals surface area contributed by atoms with Gasteiger partial charge in [0.15, 0.2) is 0 Å². The molecule has 0 saturated carbocycles. The molecule has 1 aromatic rings. The normalized spacial score (nSPS) is 28.2. The van der Waals surface area contributed by atoms with Crippen molar-refractivity contribution in [1.82, 2.24) is 5.32 Å². The molecule has 0 aliphatic carbocycles. The second-order valence-corrected chi connectivity index (χ2v) is 5.23. The fourth-order valence-corrected chi connectivity index (χ4v) is 2.57. The van der Waals surface area contributed by atoms with Crippen molar-refractivity contribution in [3.05, 3.63) is 36.3 Å². The summed E-state index contributed by atoms with van der Waals surface area (Å²) in [6.45, 7) is 9.94. The van der Waals surface area contributed by atoms with Gasteiger partial charge in [-0.2, -0.15) is 0 Å². The molecule has 0 aromatic carbocycles. The van der Waals surface area contributed by atoms with Crippen LogP contribution in [0.25, 0.3) is 0 Å². The molecule has 0 radical (unpaired) electrons. The summed E-state index contributed by atoms with van der Waals surface area (Å²) in [6.07, 6.45) is 4.61. The van der Waals surface area contributed by atoms with Crippen LogP contribution in [0.4, 0.5) is 0 Å². The highest BCUT2D eigenvalue weighted by Crippen LogP contribution is 2.29. The number of ether oxygens (including phenoxy) is 1. The molecule has 1 aromatic heterocycles. The van der Waals surface area contributed by atoms with Gasteiger partial charge in [0.1, 0.15) is 5.76 Å². The van der Waals surface area contributed by atoms with Crippen molar-refractivity contribution in [3.8, 4) is 0 Å². The van der Waals surface area contributed by atoms with E-state index in [9.17, 15) is 0 Å². The molecule has 0 spiro atoms. The first-order valence-corrected chi connectivity index (χ1v) is 6.70. The summed E-state index contributed by atoms with van der Waals surface area (Å²) in [5.41, 5.74) is 1.23. The average molecular weight is 249 g/mol. The van der Waals surface area contributed by atoms with Gasteiger partial charge in [0.25, 0.3) is 0 Å². The van der Waals surface area contributed by atoms with Gasteiger partial charge in [-0.3, -0.25) is 0 Å². The van der Waals surface area contributed by atoms with Crippen LogP contribution in [0.3, 0.4) is 0 Å². The van der Waals surface area contributed by atoms with Crippen molar-refractivity contribution < 1.29 is 9.15 Å². The first-order chi connectivity index (χ1) is 8.66. The maximum atomic E-state index is 6.03. The van der Waals surface area contributed by atoms with Gasteiger partial charge in [-0.25, -0.2) is 0 Å². The monoisotopic (exact) mass is 249 g/mol. The minimum absolute atomic E-state index is 0.237. The van der Waals surface area contributed by atoms with Crippen molar-refractivity contribution in [2.45, 2.75) is 45.4 Å². The van der Waals surface area contributed by atoms with Crippen molar-refractivity contribution in [1.29, 1.82) is 0 Å². The van der Waals surface area contributed by atoms with E-state index >= 15 is 0 Å². The Balaban J connectivity index is 1.82. The largest absolute Gasteiger partial charge is 0.468 e. The van der Waals surface area contributed by atoms with Gasteiger partial charge in [-0.05, 0) is 38.8 Å². The molecular formula is C15H23NO2. The van der Waals surface area contributed by atoms with E-state index in [1.807, 2.05) is 12.1 Å². The SMILES string of the molecule is C=C(C)[C@H]1CC[C@@H](C)O[C@H]1CNCc1ccco1. The third kappa shape index (κ3) is 3.47. The standard InChI is InChI=1S/C15H23NO2/c1-11(2)14-7-6-12(3)18-15(14)10-16-9-13-5-4-8-17-13/h4-5,8,12,14-16H,1,6-7,9-10H2,2-3H3/t12-,14-,15+/m1/s1. The smallest absolute Gasteiger partial charge is 0.117 e. The predicted molar refractivity (Wildman–Crippen MR) is 72.3 cm³/mol. The first-order valence-electron chi connectivity index (χ1n) is 6.70. The number of hydrogen-bond acceptors (Lipinski definition) is 3. The molecule has 1 aliphatic heterocycles. The molecule has 18 heavy (non-hydrogen) atoms. The van der Waals surface area contributed by atoms with E-state index in [4.69, 9.17) is 9.15 Å². The molecule has 0 bridgehead atoms. The summed E-state index contributed by atoms with van der Waals surface area (Å²) in [5, 5.41) is 3.40. The van der Waals surface area contributed by atoms with E-state index in [1.165, 1.54) is 12.0 Å². The first kappa shape index (κ1) is 13.4. The highest BCUT2D eigenvalue weighted by Gasteiger charge is 2.29. The fourth-order valence-electron chi connectivity index (χ4n) is 2.57. The van der Waals surface area contributed by atoms with Crippen molar-refractivity contribution >= 4 is 0 Å². The van der Waals surface area contributed by atoms with Crippen LogP contribution in [-0.2, 0) is 11.3 Å². The lowest BCUT2D eigenvalue weighted by Gasteiger charge is -2.36. The van der Waals surface area contributed by atoms with Crippen LogP contribution in [-0.4, -0.2) is 18.8 Å². The maximum Gasteiger partial charge on any atom is 0.117 e. The zero-order chi connectivity index (χ0) is 13.0. The lowest BCUT2D eigenvalue weighted by atomic mass is 9.87. The minimum Gasteiger partial charge on any atom is -0.468 e. The van der Waals surface area contributed by atoms with E-state index < -0.39 is 0 Å². The summed E-state index contributed by atoms with van der Waals surface area (Å²) >= 11 is 0. The Morgan fingerprint density at radius 1 is 1.50 bits per heavy atom. The van der Waals surface area contributed by atoms with Crippen LogP contribution in [0.1, 0.15) is 32.4 Å². The van der Waals surface area contributed by atoms with Gasteiger partial charge >= 0.3 is 0 Å². The Bertz CT molecular complexity index is 372. The number of nitrogens with one attached hydrogen (secondary N) is 1. The Kier molecular flexibility index (Phi) is 4.61. The summed E-state index contributed by atoms with van der Waals surface area (Å²) in [6, 6.07) is 3.89. The van der Waals surface area contributed by atoms with Gasteiger partial charge < -0.3 is 14.5 Å². The molecule has 1 aliphatic rings. The van der Waals surface area contributed by atoms with E-state index in [1.54, 1.807) is 6.26 Å². The second kappa shape index (κ2) is 6.21. The van der Waals surface area contributed by atoms with Crippen LogP contribution in [0.5, 0.6) is 0 Å². The Morgan fingerprint density at radius 2 is 2.33 bits per heavy atom. The lowest BCUT2D eigenvalue weighted by Crippen LogP contribution is -2.41. The highest BCUT2D eigenvalue weighted by molar-refractivity contribution is 5.03. The van der Waals surface area contributed by atoms with Crippen LogP contribution in [0, 0.1) is 5.92 Å². The third-order valence-corrected chi connectivity index (χ3v) is 3.60. The predicted octanol–water partition coefficient (Wildman–Crippen LogP) is 3.13. The second-order valence-electron chi connectivity index (χ2n) is 5.23. The Morgan fingerprint density at radius 3 is 3.00 bits per heavy atom. The van der Waals surface area contributed by atoms with Crippen molar-refractivity contribution in [2.24, 2.45) is 5.92 Å². The Labute approximate surface area is 109 Å². The number of furan rings is 1. The molecule has 2 heterocycles. The molecular weight excluding hydrogens is 226 g/mol. The highest BCUT2D eigenvalue weighted by atomic mass is 16.5. The van der Waals surface area contributed by atoms with Crippen molar-refractivity contribution in [3.63, 3.8) is 0 Å². The minimum atomic E-state index is 0.237. The quantitative estimate of drug-likeness (QED) is 0.814. The van der Waals surface area contributed by atoms with Gasteiger partial charge in [0, 0.05) is 12.5 Å². The molecule has 1 fully saturated rings. The molecule has 3 nitrogen and oxygen atoms in total. The average Bonchev–Trinajstić information content (AvgIpc) is 2.82. The Hall–Kier alpha value is -1.06. The zero-order valence-electron chi connectivity index (χ0n) is 11.3. The molecule has 1 N–H and O–H groups in total. The van der Waals surface area contributed by atoms with Gasteiger partial charge in [-0.1, -0.05) is 12.2 Å². The van der Waals surface area contributed by atoms with Crippen LogP contribution in [0.15, 0.2) is 35.0 Å². The third-order valence-electron chi connectivity index (χ3n) is 3.60. The van der Waals surface area contributed by atoms with E-state index in [0.29, 0.717) is 12.0 Å². The van der Waals surface area contributed by atoms with Crippen LogP contribution >= 0.6 is 0 Å². The summed E-state index contributed by atoms with van der Waals surface area (Å²) < 4.78 is 11.3. The van der Waals surface area contributed by atoms with Crippen LogP contribution < -0.4 is 5.32 Å².